The largest absolute Gasteiger partial charge is 0.416 e. The summed E-state index contributed by atoms with van der Waals surface area (Å²) in [4.78, 5) is 11.6. The zero-order chi connectivity index (χ0) is 17.4. The van der Waals surface area contributed by atoms with Crippen LogP contribution in [0.5, 0.6) is 0 Å². The number of hydrazone groups is 1. The van der Waals surface area contributed by atoms with Gasteiger partial charge in [-0.15, -0.1) is 11.8 Å². The first-order chi connectivity index (χ1) is 11.4. The van der Waals surface area contributed by atoms with Crippen molar-refractivity contribution >= 4 is 23.9 Å². The summed E-state index contributed by atoms with van der Waals surface area (Å²) >= 11 is 1.43. The molecule has 1 N–H and O–H groups in total. The quantitative estimate of drug-likeness (QED) is 0.628. The van der Waals surface area contributed by atoms with E-state index in [1.807, 2.05) is 30.3 Å². The second kappa shape index (κ2) is 8.54. The minimum atomic E-state index is -4.40. The number of hydrogen-bond donors (Lipinski definition) is 1. The molecule has 3 nitrogen and oxygen atoms in total. The topological polar surface area (TPSA) is 41.5 Å². The Kier molecular flexibility index (Phi) is 6.43. The molecule has 0 unspecified atom stereocenters. The number of amides is 1. The molecule has 0 aliphatic rings. The summed E-state index contributed by atoms with van der Waals surface area (Å²) in [5.41, 5.74) is 2.93. The number of nitrogens with zero attached hydrogens (tertiary/aromatic N) is 1. The molecular formula is C17H15F3N2OS. The Balaban J connectivity index is 1.78. The van der Waals surface area contributed by atoms with Crippen molar-refractivity contribution < 1.29 is 18.0 Å². The number of rotatable bonds is 6. The highest BCUT2D eigenvalue weighted by Gasteiger charge is 2.30. The third-order valence-electron chi connectivity index (χ3n) is 2.96. The smallest absolute Gasteiger partial charge is 0.272 e. The summed E-state index contributed by atoms with van der Waals surface area (Å²) in [6.45, 7) is 0. The summed E-state index contributed by atoms with van der Waals surface area (Å²) in [7, 11) is 0. The first-order valence-corrected chi connectivity index (χ1v) is 8.21. The fourth-order valence-corrected chi connectivity index (χ4v) is 2.62. The van der Waals surface area contributed by atoms with E-state index in [2.05, 4.69) is 10.5 Å². The average molecular weight is 352 g/mol. The van der Waals surface area contributed by atoms with Crippen LogP contribution in [0.1, 0.15) is 16.7 Å². The van der Waals surface area contributed by atoms with Crippen LogP contribution in [0, 0.1) is 0 Å². The van der Waals surface area contributed by atoms with Crippen molar-refractivity contribution in [3.63, 3.8) is 0 Å². The molecule has 0 radical (unpaired) electrons. The van der Waals surface area contributed by atoms with E-state index >= 15 is 0 Å². The normalized spacial score (nSPS) is 11.6. The predicted octanol–water partition coefficient (Wildman–Crippen LogP) is 4.09. The van der Waals surface area contributed by atoms with Gasteiger partial charge in [0.25, 0.3) is 0 Å². The first-order valence-electron chi connectivity index (χ1n) is 7.06. The summed E-state index contributed by atoms with van der Waals surface area (Å²) in [5, 5.41) is 3.69. The van der Waals surface area contributed by atoms with Crippen LogP contribution in [0.25, 0.3) is 0 Å². The van der Waals surface area contributed by atoms with Crippen LogP contribution in [0.3, 0.4) is 0 Å². The van der Waals surface area contributed by atoms with E-state index in [1.54, 1.807) is 0 Å². The van der Waals surface area contributed by atoms with Gasteiger partial charge in [0, 0.05) is 5.75 Å². The van der Waals surface area contributed by atoms with Gasteiger partial charge in [0.2, 0.25) is 5.91 Å². The monoisotopic (exact) mass is 352 g/mol. The first kappa shape index (κ1) is 18.1. The molecule has 2 aromatic carbocycles. The van der Waals surface area contributed by atoms with Crippen LogP contribution in [0.15, 0.2) is 59.7 Å². The van der Waals surface area contributed by atoms with E-state index in [9.17, 15) is 18.0 Å². The van der Waals surface area contributed by atoms with Gasteiger partial charge >= 0.3 is 6.18 Å². The second-order valence-electron chi connectivity index (χ2n) is 4.89. The van der Waals surface area contributed by atoms with Crippen LogP contribution in [0.2, 0.25) is 0 Å². The number of hydrogen-bond acceptors (Lipinski definition) is 3. The van der Waals surface area contributed by atoms with Crippen molar-refractivity contribution in [3.8, 4) is 0 Å². The van der Waals surface area contributed by atoms with Crippen molar-refractivity contribution in [2.75, 3.05) is 5.75 Å². The molecule has 0 aliphatic heterocycles. The Morgan fingerprint density at radius 2 is 1.88 bits per heavy atom. The average Bonchev–Trinajstić information content (AvgIpc) is 2.55. The van der Waals surface area contributed by atoms with Crippen LogP contribution >= 0.6 is 11.8 Å². The lowest BCUT2D eigenvalue weighted by molar-refractivity contribution is -0.137. The van der Waals surface area contributed by atoms with E-state index in [1.165, 1.54) is 30.1 Å². The van der Waals surface area contributed by atoms with Gasteiger partial charge in [0.15, 0.2) is 0 Å². The molecular weight excluding hydrogens is 337 g/mol. The van der Waals surface area contributed by atoms with Gasteiger partial charge in [-0.25, -0.2) is 5.43 Å². The molecule has 24 heavy (non-hydrogen) atoms. The maximum absolute atomic E-state index is 12.6. The Labute approximate surface area is 142 Å². The molecule has 0 aromatic heterocycles. The SMILES string of the molecule is O=C(CSCc1ccccc1)N/N=C/c1cccc(C(F)(F)F)c1. The minimum absolute atomic E-state index is 0.217. The van der Waals surface area contributed by atoms with Crippen molar-refractivity contribution in [1.29, 1.82) is 0 Å². The fraction of sp³-hybridized carbons (Fsp3) is 0.176. The summed E-state index contributed by atoms with van der Waals surface area (Å²) in [6, 6.07) is 14.4. The summed E-state index contributed by atoms with van der Waals surface area (Å²) < 4.78 is 37.7. The molecule has 1 amide bonds. The number of alkyl halides is 3. The predicted molar refractivity (Wildman–Crippen MR) is 89.8 cm³/mol. The zero-order valence-corrected chi connectivity index (χ0v) is 13.4. The zero-order valence-electron chi connectivity index (χ0n) is 12.6. The van der Waals surface area contributed by atoms with Gasteiger partial charge < -0.3 is 0 Å². The standard InChI is InChI=1S/C17H15F3N2OS/c18-17(19,20)15-8-4-7-14(9-15)10-21-22-16(23)12-24-11-13-5-2-1-3-6-13/h1-10H,11-12H2,(H,22,23)/b21-10+. The molecule has 0 fully saturated rings. The number of carbonyl (C=O) groups is 1. The Morgan fingerprint density at radius 1 is 1.12 bits per heavy atom. The van der Waals surface area contributed by atoms with Crippen molar-refractivity contribution in [3.05, 3.63) is 71.3 Å². The number of halogens is 3. The molecule has 0 heterocycles. The Morgan fingerprint density at radius 3 is 2.58 bits per heavy atom. The van der Waals surface area contributed by atoms with E-state index in [0.717, 1.165) is 17.7 Å². The van der Waals surface area contributed by atoms with E-state index in [-0.39, 0.29) is 17.2 Å². The van der Waals surface area contributed by atoms with E-state index in [4.69, 9.17) is 0 Å². The Bertz CT molecular complexity index is 702. The molecule has 0 saturated carbocycles. The molecule has 0 aliphatic carbocycles. The number of thioether (sulfide) groups is 1. The molecule has 0 bridgehead atoms. The maximum atomic E-state index is 12.6. The number of nitrogens with one attached hydrogen (secondary N) is 1. The molecule has 2 rings (SSSR count). The van der Waals surface area contributed by atoms with Crippen LogP contribution < -0.4 is 5.43 Å². The van der Waals surface area contributed by atoms with Crippen LogP contribution in [-0.2, 0) is 16.7 Å². The lowest BCUT2D eigenvalue weighted by atomic mass is 10.1. The minimum Gasteiger partial charge on any atom is -0.272 e. The van der Waals surface area contributed by atoms with Crippen molar-refractivity contribution in [2.24, 2.45) is 5.10 Å². The van der Waals surface area contributed by atoms with E-state index in [0.29, 0.717) is 5.75 Å². The van der Waals surface area contributed by atoms with Gasteiger partial charge in [0.05, 0.1) is 17.5 Å². The molecule has 126 valence electrons. The second-order valence-corrected chi connectivity index (χ2v) is 5.88. The highest BCUT2D eigenvalue weighted by atomic mass is 32.2. The highest BCUT2D eigenvalue weighted by molar-refractivity contribution is 7.99. The van der Waals surface area contributed by atoms with Gasteiger partial charge in [-0.05, 0) is 23.3 Å². The third kappa shape index (κ3) is 6.08. The van der Waals surface area contributed by atoms with Gasteiger partial charge in [0.1, 0.15) is 0 Å². The van der Waals surface area contributed by atoms with E-state index < -0.39 is 11.7 Å². The van der Waals surface area contributed by atoms with Crippen LogP contribution in [-0.4, -0.2) is 17.9 Å². The van der Waals surface area contributed by atoms with Crippen molar-refractivity contribution in [2.45, 2.75) is 11.9 Å². The number of benzene rings is 2. The number of carbonyl (C=O) groups excluding carboxylic acids is 1. The van der Waals surface area contributed by atoms with Crippen LogP contribution in [0.4, 0.5) is 13.2 Å². The molecule has 0 saturated heterocycles. The Hall–Kier alpha value is -2.28. The maximum Gasteiger partial charge on any atom is 0.416 e. The van der Waals surface area contributed by atoms with Gasteiger partial charge in [-0.3, -0.25) is 4.79 Å². The lowest BCUT2D eigenvalue weighted by Crippen LogP contribution is -2.19. The lowest BCUT2D eigenvalue weighted by Gasteiger charge is -2.06. The molecule has 2 aromatic rings. The van der Waals surface area contributed by atoms with Gasteiger partial charge in [-0.1, -0.05) is 42.5 Å². The molecule has 0 spiro atoms. The van der Waals surface area contributed by atoms with Gasteiger partial charge in [-0.2, -0.15) is 18.3 Å². The summed E-state index contributed by atoms with van der Waals surface area (Å²) in [5.74, 6) is 0.611. The third-order valence-corrected chi connectivity index (χ3v) is 3.97. The fourth-order valence-electron chi connectivity index (χ4n) is 1.84. The highest BCUT2D eigenvalue weighted by Crippen LogP contribution is 2.29. The molecule has 7 heteroatoms. The van der Waals surface area contributed by atoms with Crippen molar-refractivity contribution in [1.82, 2.24) is 5.43 Å². The molecule has 0 atom stereocenters. The summed E-state index contributed by atoms with van der Waals surface area (Å²) in [6.07, 6.45) is -3.21.